The van der Waals surface area contributed by atoms with Gasteiger partial charge in [-0.2, -0.15) is 9.97 Å². The molecule has 4 N–H and O–H groups in total. The first-order valence-electron chi connectivity index (χ1n) is 9.39. The van der Waals surface area contributed by atoms with Crippen LogP contribution in [0.1, 0.15) is 24.4 Å². The largest absolute Gasteiger partial charge is 0.395 e. The Kier molecular flexibility index (Phi) is 5.47. The lowest BCUT2D eigenvalue weighted by atomic mass is 10.0. The molecule has 4 rings (SSSR count). The number of benzene rings is 1. The minimum absolute atomic E-state index is 0.150. The maximum Gasteiger partial charge on any atom is 0.226 e. The molecule has 1 aromatic carbocycles. The number of nitrogens with zero attached hydrogens (tertiary/aromatic N) is 4. The summed E-state index contributed by atoms with van der Waals surface area (Å²) in [4.78, 5) is 13.6. The molecule has 1 aliphatic heterocycles. The van der Waals surface area contributed by atoms with Crippen LogP contribution in [-0.2, 0) is 0 Å². The molecule has 1 aliphatic carbocycles. The van der Waals surface area contributed by atoms with E-state index in [1.165, 1.54) is 5.56 Å². The second-order valence-corrected chi connectivity index (χ2v) is 7.99. The highest BCUT2D eigenvalue weighted by Gasteiger charge is 2.30. The summed E-state index contributed by atoms with van der Waals surface area (Å²) < 4.78 is 1.08. The zero-order valence-corrected chi connectivity index (χ0v) is 16.8. The molecule has 2 aromatic rings. The molecule has 1 aromatic heterocycles. The lowest BCUT2D eigenvalue weighted by Crippen LogP contribution is -2.49. The van der Waals surface area contributed by atoms with Crippen molar-refractivity contribution in [1.29, 1.82) is 0 Å². The lowest BCUT2D eigenvalue weighted by Gasteiger charge is -2.42. The Balaban J connectivity index is 1.59. The number of nitrogens with one attached hydrogen (secondary N) is 1. The predicted molar refractivity (Wildman–Crippen MR) is 111 cm³/mol. The monoisotopic (exact) mass is 432 g/mol. The molecule has 2 fully saturated rings. The maximum absolute atomic E-state index is 9.49. The minimum atomic E-state index is 0.150. The van der Waals surface area contributed by atoms with Crippen LogP contribution in [0.4, 0.5) is 17.6 Å². The third-order valence-corrected chi connectivity index (χ3v) is 5.83. The number of nitrogen functional groups attached to an aromatic ring is 1. The van der Waals surface area contributed by atoms with Crippen molar-refractivity contribution in [3.05, 3.63) is 40.4 Å². The fourth-order valence-corrected chi connectivity index (χ4v) is 4.10. The number of rotatable bonds is 6. The number of β-amino-alcohol motifs (C(OH)–C–C–N with tert-alkyl or cyclic N) is 1. The first kappa shape index (κ1) is 18.5. The van der Waals surface area contributed by atoms with Crippen molar-refractivity contribution in [2.24, 2.45) is 0 Å². The zero-order valence-electron chi connectivity index (χ0n) is 15.2. The molecule has 144 valence electrons. The fourth-order valence-electron chi connectivity index (χ4n) is 3.55. The second kappa shape index (κ2) is 8.00. The summed E-state index contributed by atoms with van der Waals surface area (Å²) in [6.45, 7) is 3.27. The van der Waals surface area contributed by atoms with Gasteiger partial charge < -0.3 is 21.1 Å². The highest BCUT2D eigenvalue weighted by molar-refractivity contribution is 9.10. The molecule has 0 unspecified atom stereocenters. The molecule has 0 spiro atoms. The van der Waals surface area contributed by atoms with Gasteiger partial charge in [0.2, 0.25) is 5.95 Å². The molecule has 1 saturated heterocycles. The van der Waals surface area contributed by atoms with Gasteiger partial charge in [0, 0.05) is 42.8 Å². The predicted octanol–water partition coefficient (Wildman–Crippen LogP) is 2.25. The molecule has 2 heterocycles. The highest BCUT2D eigenvalue weighted by atomic mass is 79.9. The van der Waals surface area contributed by atoms with Gasteiger partial charge in [0.25, 0.3) is 0 Å². The van der Waals surface area contributed by atoms with Gasteiger partial charge in [0.05, 0.1) is 12.6 Å². The highest BCUT2D eigenvalue weighted by Crippen LogP contribution is 2.33. The van der Waals surface area contributed by atoms with E-state index in [2.05, 4.69) is 54.2 Å². The van der Waals surface area contributed by atoms with Crippen molar-refractivity contribution in [1.82, 2.24) is 14.9 Å². The van der Waals surface area contributed by atoms with Crippen LogP contribution in [0.25, 0.3) is 0 Å². The summed E-state index contributed by atoms with van der Waals surface area (Å²) in [6.07, 6.45) is 2.33. The van der Waals surface area contributed by atoms with Crippen molar-refractivity contribution in [3.63, 3.8) is 0 Å². The quantitative estimate of drug-likeness (QED) is 0.644. The number of hydrogen-bond acceptors (Lipinski definition) is 7. The Morgan fingerprint density at radius 3 is 2.78 bits per heavy atom. The van der Waals surface area contributed by atoms with Gasteiger partial charge in [0.15, 0.2) is 0 Å². The molecule has 8 heteroatoms. The summed E-state index contributed by atoms with van der Waals surface area (Å²) in [5, 5.41) is 12.8. The van der Waals surface area contributed by atoms with Crippen LogP contribution >= 0.6 is 15.9 Å². The molecule has 0 radical (unpaired) electrons. The van der Waals surface area contributed by atoms with Crippen LogP contribution in [0.5, 0.6) is 0 Å². The Bertz CT molecular complexity index is 800. The summed E-state index contributed by atoms with van der Waals surface area (Å²) in [7, 11) is 0. The van der Waals surface area contributed by atoms with Crippen LogP contribution in [0, 0.1) is 0 Å². The molecule has 27 heavy (non-hydrogen) atoms. The molecule has 2 aliphatic rings. The summed E-state index contributed by atoms with van der Waals surface area (Å²) in [5.74, 6) is 1.95. The topological polar surface area (TPSA) is 90.5 Å². The molecular formula is C19H25BrN6O. The number of halogens is 1. The summed E-state index contributed by atoms with van der Waals surface area (Å²) in [5.41, 5.74) is 7.26. The molecule has 7 nitrogen and oxygen atoms in total. The third kappa shape index (κ3) is 4.34. The van der Waals surface area contributed by atoms with Gasteiger partial charge in [-0.15, -0.1) is 0 Å². The van der Waals surface area contributed by atoms with E-state index in [-0.39, 0.29) is 12.6 Å². The van der Waals surface area contributed by atoms with E-state index in [4.69, 9.17) is 10.7 Å². The van der Waals surface area contributed by atoms with E-state index in [1.54, 1.807) is 0 Å². The third-order valence-electron chi connectivity index (χ3n) is 5.11. The first-order valence-corrected chi connectivity index (χ1v) is 10.2. The van der Waals surface area contributed by atoms with Crippen LogP contribution in [0.3, 0.4) is 0 Å². The van der Waals surface area contributed by atoms with E-state index in [0.29, 0.717) is 24.4 Å². The van der Waals surface area contributed by atoms with Gasteiger partial charge in [-0.25, -0.2) is 0 Å². The standard InChI is InChI=1S/C19H25BrN6O/c20-15-4-2-1-3-14(15)16-12-26(8-7-25(16)9-10-27)18-11-17(21)23-19(24-18)22-13-5-6-13/h1-4,11,13,16,27H,5-10,12H2,(H3,21,22,23,24)/t16-/m0/s1. The Morgan fingerprint density at radius 1 is 1.22 bits per heavy atom. The molecule has 0 amide bonds. The van der Waals surface area contributed by atoms with E-state index in [1.807, 2.05) is 12.1 Å². The smallest absolute Gasteiger partial charge is 0.226 e. The lowest BCUT2D eigenvalue weighted by molar-refractivity contribution is 0.137. The number of aromatic nitrogens is 2. The SMILES string of the molecule is Nc1cc(N2CCN(CCO)[C@H](c3ccccc3Br)C2)nc(NC2CC2)n1. The number of aliphatic hydroxyl groups excluding tert-OH is 1. The maximum atomic E-state index is 9.49. The van der Waals surface area contributed by atoms with E-state index < -0.39 is 0 Å². The zero-order chi connectivity index (χ0) is 18.8. The number of nitrogens with two attached hydrogens (primary N) is 1. The van der Waals surface area contributed by atoms with Crippen LogP contribution < -0.4 is 16.0 Å². The van der Waals surface area contributed by atoms with Gasteiger partial charge in [-0.1, -0.05) is 34.1 Å². The average molecular weight is 433 g/mol. The molecule has 1 atom stereocenters. The Labute approximate surface area is 167 Å². The van der Waals surface area contributed by atoms with Gasteiger partial charge in [0.1, 0.15) is 11.6 Å². The van der Waals surface area contributed by atoms with Crippen LogP contribution in [0.2, 0.25) is 0 Å². The number of anilines is 3. The van der Waals surface area contributed by atoms with Crippen LogP contribution in [0.15, 0.2) is 34.8 Å². The number of piperazine rings is 1. The molecule has 1 saturated carbocycles. The Hall–Kier alpha value is -1.90. The van der Waals surface area contributed by atoms with E-state index in [0.717, 1.165) is 42.8 Å². The molecule has 0 bridgehead atoms. The Morgan fingerprint density at radius 2 is 2.04 bits per heavy atom. The van der Waals surface area contributed by atoms with Crippen LogP contribution in [-0.4, -0.2) is 58.8 Å². The number of hydrogen-bond donors (Lipinski definition) is 3. The summed E-state index contributed by atoms with van der Waals surface area (Å²) in [6, 6.07) is 10.8. The van der Waals surface area contributed by atoms with Crippen molar-refractivity contribution in [2.75, 3.05) is 48.7 Å². The first-order chi connectivity index (χ1) is 13.1. The average Bonchev–Trinajstić information content (AvgIpc) is 3.46. The fraction of sp³-hybridized carbons (Fsp3) is 0.474. The summed E-state index contributed by atoms with van der Waals surface area (Å²) >= 11 is 3.68. The van der Waals surface area contributed by atoms with Gasteiger partial charge in [-0.3, -0.25) is 4.90 Å². The van der Waals surface area contributed by atoms with E-state index >= 15 is 0 Å². The minimum Gasteiger partial charge on any atom is -0.395 e. The second-order valence-electron chi connectivity index (χ2n) is 7.14. The van der Waals surface area contributed by atoms with Crippen molar-refractivity contribution < 1.29 is 5.11 Å². The van der Waals surface area contributed by atoms with Gasteiger partial charge in [-0.05, 0) is 24.5 Å². The number of aliphatic hydroxyl groups is 1. The van der Waals surface area contributed by atoms with Crippen molar-refractivity contribution in [2.45, 2.75) is 24.9 Å². The normalized spacial score (nSPS) is 20.7. The molecular weight excluding hydrogens is 408 g/mol. The van der Waals surface area contributed by atoms with Crippen molar-refractivity contribution in [3.8, 4) is 0 Å². The van der Waals surface area contributed by atoms with E-state index in [9.17, 15) is 5.11 Å². The van der Waals surface area contributed by atoms with Crippen molar-refractivity contribution >= 4 is 33.5 Å². The van der Waals surface area contributed by atoms with Gasteiger partial charge >= 0.3 is 0 Å².